The topological polar surface area (TPSA) is 42.0 Å². The summed E-state index contributed by atoms with van der Waals surface area (Å²) in [5.74, 6) is 0.422. The van der Waals surface area contributed by atoms with Crippen molar-refractivity contribution in [3.8, 4) is 5.75 Å². The number of likely N-dealkylation sites (N-methyl/N-ethyl adjacent to an activating group) is 1. The van der Waals surface area contributed by atoms with Gasteiger partial charge in [0.1, 0.15) is 23.8 Å². The molecule has 5 nitrogen and oxygen atoms in total. The van der Waals surface area contributed by atoms with E-state index in [0.29, 0.717) is 18.9 Å². The van der Waals surface area contributed by atoms with Crippen LogP contribution in [-0.2, 0) is 4.74 Å². The number of likely N-dealkylation sites (tertiary alicyclic amines) is 1. The van der Waals surface area contributed by atoms with Gasteiger partial charge >= 0.3 is 6.09 Å². The van der Waals surface area contributed by atoms with Gasteiger partial charge in [-0.1, -0.05) is 0 Å². The quantitative estimate of drug-likeness (QED) is 0.854. The third-order valence-corrected chi connectivity index (χ3v) is 4.40. The van der Waals surface area contributed by atoms with Crippen LogP contribution in [0.15, 0.2) is 24.3 Å². The first-order valence-corrected chi connectivity index (χ1v) is 7.61. The molecular weight excluding hydrogens is 287 g/mol. The molecule has 0 aliphatic carbocycles. The van der Waals surface area contributed by atoms with Gasteiger partial charge in [-0.05, 0) is 24.3 Å². The van der Waals surface area contributed by atoms with E-state index in [4.69, 9.17) is 9.47 Å². The fourth-order valence-electron chi connectivity index (χ4n) is 3.06. The van der Waals surface area contributed by atoms with Crippen LogP contribution in [0.4, 0.5) is 9.18 Å². The number of amides is 1. The van der Waals surface area contributed by atoms with Crippen molar-refractivity contribution >= 4 is 6.09 Å². The van der Waals surface area contributed by atoms with Gasteiger partial charge in [0.15, 0.2) is 0 Å². The lowest BCUT2D eigenvalue weighted by atomic mass is 9.91. The molecule has 1 amide bonds. The van der Waals surface area contributed by atoms with Crippen LogP contribution in [0.5, 0.6) is 5.75 Å². The normalized spacial score (nSPS) is 21.2. The van der Waals surface area contributed by atoms with Crippen molar-refractivity contribution in [2.75, 3.05) is 39.8 Å². The average molecular weight is 308 g/mol. The van der Waals surface area contributed by atoms with Crippen LogP contribution in [0.1, 0.15) is 12.8 Å². The molecule has 0 aromatic heterocycles. The summed E-state index contributed by atoms with van der Waals surface area (Å²) >= 11 is 0. The SMILES string of the molecule is CN1CC2(CCN(CCOc3ccc(F)cc3)CC2)OC1=O. The molecule has 2 aliphatic rings. The molecule has 3 rings (SSSR count). The third kappa shape index (κ3) is 3.32. The second-order valence-electron chi connectivity index (χ2n) is 6.05. The van der Waals surface area contributed by atoms with Crippen molar-refractivity contribution in [2.45, 2.75) is 18.4 Å². The Morgan fingerprint density at radius 2 is 1.95 bits per heavy atom. The van der Waals surface area contributed by atoms with Gasteiger partial charge in [0.2, 0.25) is 0 Å². The van der Waals surface area contributed by atoms with Crippen molar-refractivity contribution in [3.63, 3.8) is 0 Å². The summed E-state index contributed by atoms with van der Waals surface area (Å²) in [6.07, 6.45) is 1.51. The molecule has 2 saturated heterocycles. The summed E-state index contributed by atoms with van der Waals surface area (Å²) in [6, 6.07) is 6.05. The zero-order valence-corrected chi connectivity index (χ0v) is 12.8. The van der Waals surface area contributed by atoms with E-state index in [0.717, 1.165) is 32.5 Å². The van der Waals surface area contributed by atoms with E-state index in [1.807, 2.05) is 0 Å². The number of carbonyl (C=O) groups is 1. The number of ether oxygens (including phenoxy) is 2. The first-order valence-electron chi connectivity index (χ1n) is 7.61. The predicted octanol–water partition coefficient (Wildman–Crippen LogP) is 2.12. The van der Waals surface area contributed by atoms with E-state index >= 15 is 0 Å². The Balaban J connectivity index is 1.41. The molecule has 0 unspecified atom stereocenters. The number of benzene rings is 1. The summed E-state index contributed by atoms with van der Waals surface area (Å²) in [5.41, 5.74) is -0.292. The first-order chi connectivity index (χ1) is 10.6. The summed E-state index contributed by atoms with van der Waals surface area (Å²) in [6.45, 7) is 3.86. The van der Waals surface area contributed by atoms with Gasteiger partial charge in [0.05, 0.1) is 6.54 Å². The van der Waals surface area contributed by atoms with Crippen molar-refractivity contribution in [3.05, 3.63) is 30.1 Å². The lowest BCUT2D eigenvalue weighted by molar-refractivity contribution is -0.00165. The van der Waals surface area contributed by atoms with Crippen LogP contribution in [0.25, 0.3) is 0 Å². The van der Waals surface area contributed by atoms with E-state index in [1.165, 1.54) is 12.1 Å². The third-order valence-electron chi connectivity index (χ3n) is 4.40. The molecule has 1 spiro atoms. The smallest absolute Gasteiger partial charge is 0.410 e. The van der Waals surface area contributed by atoms with Gasteiger partial charge in [0, 0.05) is 39.5 Å². The van der Waals surface area contributed by atoms with Crippen molar-refractivity contribution in [1.29, 1.82) is 0 Å². The molecule has 0 bridgehead atoms. The van der Waals surface area contributed by atoms with Gasteiger partial charge in [0.25, 0.3) is 0 Å². The van der Waals surface area contributed by atoms with Crippen LogP contribution < -0.4 is 4.74 Å². The average Bonchev–Trinajstić information content (AvgIpc) is 2.78. The zero-order valence-electron chi connectivity index (χ0n) is 12.8. The van der Waals surface area contributed by atoms with Crippen LogP contribution >= 0.6 is 0 Å². The number of piperidine rings is 1. The Labute approximate surface area is 129 Å². The summed E-state index contributed by atoms with van der Waals surface area (Å²) < 4.78 is 23.9. The van der Waals surface area contributed by atoms with E-state index in [1.54, 1.807) is 24.1 Å². The van der Waals surface area contributed by atoms with Gasteiger partial charge < -0.3 is 14.4 Å². The number of hydrogen-bond donors (Lipinski definition) is 0. The first kappa shape index (κ1) is 15.1. The number of halogens is 1. The lowest BCUT2D eigenvalue weighted by Crippen LogP contribution is -2.47. The molecule has 1 aromatic carbocycles. The minimum absolute atomic E-state index is 0.215. The number of hydrogen-bond acceptors (Lipinski definition) is 4. The molecule has 6 heteroatoms. The van der Waals surface area contributed by atoms with Gasteiger partial charge in [-0.25, -0.2) is 9.18 Å². The van der Waals surface area contributed by atoms with E-state index in [9.17, 15) is 9.18 Å². The molecular formula is C16H21FN2O3. The number of rotatable bonds is 4. The zero-order chi connectivity index (χ0) is 15.6. The largest absolute Gasteiger partial charge is 0.492 e. The Bertz CT molecular complexity index is 527. The highest BCUT2D eigenvalue weighted by molar-refractivity contribution is 5.70. The highest BCUT2D eigenvalue weighted by atomic mass is 19.1. The Hall–Kier alpha value is -1.82. The molecule has 22 heavy (non-hydrogen) atoms. The van der Waals surface area contributed by atoms with E-state index < -0.39 is 0 Å². The maximum atomic E-state index is 12.8. The predicted molar refractivity (Wildman–Crippen MR) is 79.4 cm³/mol. The van der Waals surface area contributed by atoms with Crippen LogP contribution in [0, 0.1) is 5.82 Å². The fraction of sp³-hybridized carbons (Fsp3) is 0.562. The second kappa shape index (κ2) is 6.12. The minimum Gasteiger partial charge on any atom is -0.492 e. The molecule has 0 atom stereocenters. The van der Waals surface area contributed by atoms with Crippen LogP contribution in [-0.4, -0.2) is 61.3 Å². The molecule has 120 valence electrons. The molecule has 1 aromatic rings. The van der Waals surface area contributed by atoms with Crippen molar-refractivity contribution in [2.24, 2.45) is 0 Å². The Morgan fingerprint density at radius 1 is 1.27 bits per heavy atom. The summed E-state index contributed by atoms with van der Waals surface area (Å²) in [4.78, 5) is 15.5. The van der Waals surface area contributed by atoms with Crippen molar-refractivity contribution < 1.29 is 18.7 Å². The van der Waals surface area contributed by atoms with Gasteiger partial charge in [-0.2, -0.15) is 0 Å². The molecule has 0 saturated carbocycles. The van der Waals surface area contributed by atoms with E-state index in [2.05, 4.69) is 4.90 Å². The molecule has 0 N–H and O–H groups in total. The molecule has 2 fully saturated rings. The molecule has 2 aliphatic heterocycles. The monoisotopic (exact) mass is 308 g/mol. The highest BCUT2D eigenvalue weighted by Gasteiger charge is 2.45. The maximum absolute atomic E-state index is 12.8. The van der Waals surface area contributed by atoms with Gasteiger partial charge in [-0.15, -0.1) is 0 Å². The maximum Gasteiger partial charge on any atom is 0.410 e. The lowest BCUT2D eigenvalue weighted by Gasteiger charge is -2.37. The summed E-state index contributed by atoms with van der Waals surface area (Å²) in [7, 11) is 1.78. The second-order valence-corrected chi connectivity index (χ2v) is 6.05. The Kier molecular flexibility index (Phi) is 4.20. The minimum atomic E-state index is -0.292. The summed E-state index contributed by atoms with van der Waals surface area (Å²) in [5, 5.41) is 0. The number of carbonyl (C=O) groups excluding carboxylic acids is 1. The van der Waals surface area contributed by atoms with Crippen molar-refractivity contribution in [1.82, 2.24) is 9.80 Å². The van der Waals surface area contributed by atoms with Gasteiger partial charge in [-0.3, -0.25) is 4.90 Å². The van der Waals surface area contributed by atoms with E-state index in [-0.39, 0.29) is 17.5 Å². The van der Waals surface area contributed by atoms with Crippen LogP contribution in [0.3, 0.4) is 0 Å². The van der Waals surface area contributed by atoms with Crippen LogP contribution in [0.2, 0.25) is 0 Å². The molecule has 0 radical (unpaired) electrons. The fourth-order valence-corrected chi connectivity index (χ4v) is 3.06. The highest BCUT2D eigenvalue weighted by Crippen LogP contribution is 2.32. The molecule has 2 heterocycles. The Morgan fingerprint density at radius 3 is 2.55 bits per heavy atom. The number of nitrogens with zero attached hydrogens (tertiary/aromatic N) is 2. The standard InChI is InChI=1S/C16H21FN2O3/c1-18-12-16(22-15(18)20)6-8-19(9-7-16)10-11-21-14-4-2-13(17)3-5-14/h2-5H,6-12H2,1H3.